The molecule has 0 spiro atoms. The van der Waals surface area contributed by atoms with E-state index >= 15 is 0 Å². The van der Waals surface area contributed by atoms with Gasteiger partial charge in [0.1, 0.15) is 0 Å². The fourth-order valence-electron chi connectivity index (χ4n) is 3.41. The molecule has 0 N–H and O–H groups in total. The molecule has 1 fully saturated rings. The predicted octanol–water partition coefficient (Wildman–Crippen LogP) is 1.25. The predicted molar refractivity (Wildman–Crippen MR) is 96.8 cm³/mol. The summed E-state index contributed by atoms with van der Waals surface area (Å²) in [6.45, 7) is 8.59. The van der Waals surface area contributed by atoms with Crippen molar-refractivity contribution in [3.63, 3.8) is 0 Å². The summed E-state index contributed by atoms with van der Waals surface area (Å²) in [5, 5.41) is 12.2. The highest BCUT2D eigenvalue weighted by Gasteiger charge is 2.22. The van der Waals surface area contributed by atoms with Gasteiger partial charge in [-0.15, -0.1) is 5.10 Å². The van der Waals surface area contributed by atoms with Crippen LogP contribution in [-0.2, 0) is 11.2 Å². The highest BCUT2D eigenvalue weighted by Crippen LogP contribution is 2.12. The fourth-order valence-corrected chi connectivity index (χ4v) is 3.41. The Labute approximate surface area is 149 Å². The lowest BCUT2D eigenvalue weighted by atomic mass is 10.1. The summed E-state index contributed by atoms with van der Waals surface area (Å²) < 4.78 is 7.04. The third kappa shape index (κ3) is 4.84. The fraction of sp³-hybridized carbons (Fsp3) is 0.611. The average Bonchev–Trinajstić information content (AvgIpc) is 3.10. The van der Waals surface area contributed by atoms with Gasteiger partial charge in [0.2, 0.25) is 0 Å². The lowest BCUT2D eigenvalue weighted by molar-refractivity contribution is 0.0586. The number of ether oxygens (including phenoxy) is 1. The van der Waals surface area contributed by atoms with Crippen molar-refractivity contribution in [1.29, 1.82) is 0 Å². The van der Waals surface area contributed by atoms with Crippen molar-refractivity contribution in [2.45, 2.75) is 25.8 Å². The van der Waals surface area contributed by atoms with Crippen molar-refractivity contribution in [3.05, 3.63) is 36.2 Å². The molecule has 0 bridgehead atoms. The summed E-state index contributed by atoms with van der Waals surface area (Å²) in [5.41, 5.74) is 1.02. The molecule has 25 heavy (non-hydrogen) atoms. The molecule has 0 aliphatic carbocycles. The van der Waals surface area contributed by atoms with Gasteiger partial charge in [-0.1, -0.05) is 18.2 Å². The third-order valence-corrected chi connectivity index (χ3v) is 4.84. The lowest BCUT2D eigenvalue weighted by Crippen LogP contribution is -2.52. The van der Waals surface area contributed by atoms with Gasteiger partial charge in [-0.05, 0) is 42.4 Å². The van der Waals surface area contributed by atoms with Crippen molar-refractivity contribution in [1.82, 2.24) is 30.0 Å². The van der Waals surface area contributed by atoms with Crippen LogP contribution in [0.3, 0.4) is 0 Å². The van der Waals surface area contributed by atoms with E-state index in [0.717, 1.165) is 63.7 Å². The Balaban J connectivity index is 1.46. The van der Waals surface area contributed by atoms with Crippen LogP contribution < -0.4 is 0 Å². The van der Waals surface area contributed by atoms with Gasteiger partial charge >= 0.3 is 0 Å². The maximum Gasteiger partial charge on any atom is 0.156 e. The number of rotatable bonds is 8. The molecule has 7 heteroatoms. The molecule has 0 unspecified atom stereocenters. The van der Waals surface area contributed by atoms with E-state index in [-0.39, 0.29) is 0 Å². The Bertz CT molecular complexity index is 632. The van der Waals surface area contributed by atoms with Gasteiger partial charge in [0, 0.05) is 45.8 Å². The maximum atomic E-state index is 5.20. The summed E-state index contributed by atoms with van der Waals surface area (Å²) in [4.78, 5) is 5.06. The first-order valence-electron chi connectivity index (χ1n) is 9.06. The molecule has 136 valence electrons. The minimum absolute atomic E-state index is 0.582. The topological polar surface area (TPSA) is 59.3 Å². The summed E-state index contributed by atoms with van der Waals surface area (Å²) in [6.07, 6.45) is 1.96. The highest BCUT2D eigenvalue weighted by atomic mass is 16.5. The molecule has 0 amide bonds. The first-order chi connectivity index (χ1) is 12.3. The number of nitrogens with zero attached hydrogens (tertiary/aromatic N) is 6. The number of piperazine rings is 1. The van der Waals surface area contributed by atoms with Crippen LogP contribution >= 0.6 is 0 Å². The Morgan fingerprint density at radius 3 is 2.76 bits per heavy atom. The number of hydrogen-bond acceptors (Lipinski definition) is 6. The maximum absolute atomic E-state index is 5.20. The molecular formula is C18H28N6O. The zero-order chi connectivity index (χ0) is 17.5. The first kappa shape index (κ1) is 18.0. The Hall–Kier alpha value is -1.83. The highest BCUT2D eigenvalue weighted by molar-refractivity contribution is 5.30. The van der Waals surface area contributed by atoms with E-state index in [2.05, 4.69) is 32.2 Å². The molecule has 1 aromatic carbocycles. The molecular weight excluding hydrogens is 316 g/mol. The molecule has 3 rings (SSSR count). The number of hydrogen-bond donors (Lipinski definition) is 0. The number of tetrazole rings is 1. The van der Waals surface area contributed by atoms with Crippen LogP contribution in [0.1, 0.15) is 19.2 Å². The van der Waals surface area contributed by atoms with Crippen molar-refractivity contribution >= 4 is 0 Å². The number of aromatic nitrogens is 4. The molecule has 1 atom stereocenters. The van der Waals surface area contributed by atoms with Gasteiger partial charge in [0.15, 0.2) is 5.82 Å². The molecule has 1 aromatic heterocycles. The summed E-state index contributed by atoms with van der Waals surface area (Å²) in [7, 11) is 1.77. The Kier molecular flexibility index (Phi) is 6.49. The molecule has 2 aromatic rings. The van der Waals surface area contributed by atoms with Crippen LogP contribution in [0, 0.1) is 0 Å². The molecule has 0 radical (unpaired) electrons. The first-order valence-corrected chi connectivity index (χ1v) is 9.06. The SMILES string of the molecule is COCCN1CCN(CCCc2nnnn2-c2ccccc2)C[C@@H]1C. The van der Waals surface area contributed by atoms with Crippen molar-refractivity contribution in [3.8, 4) is 5.69 Å². The average molecular weight is 344 g/mol. The molecule has 7 nitrogen and oxygen atoms in total. The Morgan fingerprint density at radius 2 is 2.00 bits per heavy atom. The van der Waals surface area contributed by atoms with Crippen molar-refractivity contribution in [2.24, 2.45) is 0 Å². The van der Waals surface area contributed by atoms with Crippen molar-refractivity contribution < 1.29 is 4.74 Å². The van der Waals surface area contributed by atoms with Crippen LogP contribution in [0.4, 0.5) is 0 Å². The zero-order valence-corrected chi connectivity index (χ0v) is 15.2. The van der Waals surface area contributed by atoms with E-state index in [0.29, 0.717) is 6.04 Å². The van der Waals surface area contributed by atoms with Crippen molar-refractivity contribution in [2.75, 3.05) is 46.4 Å². The number of methoxy groups -OCH3 is 1. The number of para-hydroxylation sites is 1. The standard InChI is InChI=1S/C18H28N6O/c1-16-15-22(11-12-23(16)13-14-25-2)10-6-9-18-19-20-21-24(18)17-7-4-3-5-8-17/h3-5,7-8,16H,6,9-15H2,1-2H3/t16-/m0/s1. The van der Waals surface area contributed by atoms with E-state index < -0.39 is 0 Å². The third-order valence-electron chi connectivity index (χ3n) is 4.84. The smallest absolute Gasteiger partial charge is 0.156 e. The molecule has 2 heterocycles. The number of aryl methyl sites for hydroxylation is 1. The van der Waals surface area contributed by atoms with Crippen LogP contribution in [0.2, 0.25) is 0 Å². The minimum Gasteiger partial charge on any atom is -0.383 e. The van der Waals surface area contributed by atoms with Gasteiger partial charge in [-0.25, -0.2) is 0 Å². The zero-order valence-electron chi connectivity index (χ0n) is 15.2. The molecule has 1 aliphatic rings. The second-order valence-corrected chi connectivity index (χ2v) is 6.62. The van der Waals surface area contributed by atoms with Gasteiger partial charge < -0.3 is 9.64 Å². The molecule has 1 aliphatic heterocycles. The normalized spacial score (nSPS) is 19.4. The lowest BCUT2D eigenvalue weighted by Gasteiger charge is -2.39. The quantitative estimate of drug-likeness (QED) is 0.718. The van der Waals surface area contributed by atoms with Gasteiger partial charge in [0.25, 0.3) is 0 Å². The van der Waals surface area contributed by atoms with Gasteiger partial charge in [-0.3, -0.25) is 4.90 Å². The number of benzene rings is 1. The van der Waals surface area contributed by atoms with E-state index in [1.807, 2.05) is 35.0 Å². The van der Waals surface area contributed by atoms with Crippen LogP contribution in [0.15, 0.2) is 30.3 Å². The minimum atomic E-state index is 0.582. The largest absolute Gasteiger partial charge is 0.383 e. The van der Waals surface area contributed by atoms with E-state index in [4.69, 9.17) is 4.74 Å². The van der Waals surface area contributed by atoms with E-state index in [1.54, 1.807) is 7.11 Å². The monoisotopic (exact) mass is 344 g/mol. The molecule has 0 saturated carbocycles. The Morgan fingerprint density at radius 1 is 1.16 bits per heavy atom. The van der Waals surface area contributed by atoms with E-state index in [1.165, 1.54) is 0 Å². The second-order valence-electron chi connectivity index (χ2n) is 6.62. The second kappa shape index (κ2) is 9.03. The summed E-state index contributed by atoms with van der Waals surface area (Å²) >= 11 is 0. The van der Waals surface area contributed by atoms with E-state index in [9.17, 15) is 0 Å². The van der Waals surface area contributed by atoms with Gasteiger partial charge in [-0.2, -0.15) is 4.68 Å². The summed E-state index contributed by atoms with van der Waals surface area (Å²) in [5.74, 6) is 0.929. The van der Waals surface area contributed by atoms with Crippen LogP contribution in [0.5, 0.6) is 0 Å². The summed E-state index contributed by atoms with van der Waals surface area (Å²) in [6, 6.07) is 10.7. The van der Waals surface area contributed by atoms with Gasteiger partial charge in [0.05, 0.1) is 12.3 Å². The van der Waals surface area contributed by atoms with Crippen LogP contribution in [-0.4, -0.2) is 82.5 Å². The van der Waals surface area contributed by atoms with Crippen LogP contribution in [0.25, 0.3) is 5.69 Å². The molecule has 1 saturated heterocycles.